The van der Waals surface area contributed by atoms with Gasteiger partial charge in [0.15, 0.2) is 0 Å². The molecule has 1 unspecified atom stereocenters. The first-order valence-corrected chi connectivity index (χ1v) is 7.09. The van der Waals surface area contributed by atoms with Crippen LogP contribution in [0.25, 0.3) is 0 Å². The Hall–Kier alpha value is -2.04. The molecule has 0 aliphatic rings. The van der Waals surface area contributed by atoms with Crippen LogP contribution in [0.3, 0.4) is 0 Å². The quantitative estimate of drug-likeness (QED) is 0.780. The summed E-state index contributed by atoms with van der Waals surface area (Å²) in [7, 11) is 0. The lowest BCUT2D eigenvalue weighted by Gasteiger charge is -2.27. The highest BCUT2D eigenvalue weighted by molar-refractivity contribution is 5.83. The van der Waals surface area contributed by atoms with E-state index in [9.17, 15) is 14.7 Å². The number of carbonyl (C=O) groups excluding carboxylic acids is 1. The van der Waals surface area contributed by atoms with Crippen LogP contribution in [0.4, 0.5) is 4.79 Å². The smallest absolute Gasteiger partial charge is 0.326 e. The van der Waals surface area contributed by atoms with E-state index in [1.165, 1.54) is 5.56 Å². The number of carboxylic acids is 1. The first-order valence-electron chi connectivity index (χ1n) is 7.09. The summed E-state index contributed by atoms with van der Waals surface area (Å²) in [5, 5.41) is 14.4. The van der Waals surface area contributed by atoms with Crippen LogP contribution in [-0.2, 0) is 17.8 Å². The highest BCUT2D eigenvalue weighted by Gasteiger charge is 2.32. The molecule has 5 heteroatoms. The van der Waals surface area contributed by atoms with Crippen molar-refractivity contribution in [3.05, 3.63) is 35.4 Å². The lowest BCUT2D eigenvalue weighted by molar-refractivity contribution is -0.141. The van der Waals surface area contributed by atoms with E-state index in [-0.39, 0.29) is 0 Å². The number of carboxylic acid groups (broad SMARTS) is 1. The Bertz CT molecular complexity index is 506. The third-order valence-corrected chi connectivity index (χ3v) is 3.33. The number of hydrogen-bond acceptors (Lipinski definition) is 2. The molecule has 0 saturated carbocycles. The summed E-state index contributed by atoms with van der Waals surface area (Å²) in [6, 6.07) is 6.45. The molecule has 1 atom stereocenters. The summed E-state index contributed by atoms with van der Waals surface area (Å²) in [5.41, 5.74) is 1.66. The molecule has 0 fully saturated rings. The predicted molar refractivity (Wildman–Crippen MR) is 82.1 cm³/mol. The van der Waals surface area contributed by atoms with E-state index >= 15 is 0 Å². The van der Waals surface area contributed by atoms with Crippen molar-refractivity contribution in [2.24, 2.45) is 5.41 Å². The zero-order chi connectivity index (χ0) is 16.0. The van der Waals surface area contributed by atoms with E-state index in [0.29, 0.717) is 6.54 Å². The van der Waals surface area contributed by atoms with Gasteiger partial charge in [-0.2, -0.15) is 0 Å². The van der Waals surface area contributed by atoms with Crippen molar-refractivity contribution >= 4 is 12.0 Å². The SMILES string of the molecule is CCc1ccccc1CNC(=O)NC(C(=O)O)C(C)(C)C. The minimum atomic E-state index is -1.04. The van der Waals surface area contributed by atoms with E-state index < -0.39 is 23.5 Å². The highest BCUT2D eigenvalue weighted by Crippen LogP contribution is 2.19. The van der Waals surface area contributed by atoms with Crippen molar-refractivity contribution in [3.8, 4) is 0 Å². The number of nitrogens with one attached hydrogen (secondary N) is 2. The van der Waals surface area contributed by atoms with Crippen molar-refractivity contribution in [3.63, 3.8) is 0 Å². The number of hydrogen-bond donors (Lipinski definition) is 3. The number of benzene rings is 1. The molecule has 5 nitrogen and oxygen atoms in total. The normalized spacial score (nSPS) is 12.6. The maximum atomic E-state index is 11.9. The fourth-order valence-corrected chi connectivity index (χ4v) is 2.08. The zero-order valence-corrected chi connectivity index (χ0v) is 13.1. The van der Waals surface area contributed by atoms with Gasteiger partial charge in [0.2, 0.25) is 0 Å². The van der Waals surface area contributed by atoms with Crippen molar-refractivity contribution in [2.45, 2.75) is 46.7 Å². The first-order chi connectivity index (χ1) is 9.75. The van der Waals surface area contributed by atoms with Gasteiger partial charge in [-0.15, -0.1) is 0 Å². The molecule has 0 aliphatic carbocycles. The molecule has 0 aliphatic heterocycles. The number of rotatable bonds is 5. The molecule has 1 aromatic carbocycles. The minimum absolute atomic E-state index is 0.381. The Kier molecular flexibility index (Phi) is 5.76. The molecule has 0 saturated heterocycles. The van der Waals surface area contributed by atoms with Gasteiger partial charge in [0, 0.05) is 6.54 Å². The van der Waals surface area contributed by atoms with Gasteiger partial charge in [0.1, 0.15) is 6.04 Å². The fraction of sp³-hybridized carbons (Fsp3) is 0.500. The largest absolute Gasteiger partial charge is 0.480 e. The molecule has 0 aromatic heterocycles. The molecule has 21 heavy (non-hydrogen) atoms. The fourth-order valence-electron chi connectivity index (χ4n) is 2.08. The predicted octanol–water partition coefficient (Wildman–Crippen LogP) is 2.55. The minimum Gasteiger partial charge on any atom is -0.480 e. The number of amides is 2. The van der Waals surface area contributed by atoms with Gasteiger partial charge in [-0.05, 0) is 23.0 Å². The number of urea groups is 1. The van der Waals surface area contributed by atoms with Gasteiger partial charge < -0.3 is 15.7 Å². The molecule has 0 bridgehead atoms. The molecule has 0 spiro atoms. The van der Waals surface area contributed by atoms with Crippen molar-refractivity contribution in [2.75, 3.05) is 0 Å². The maximum absolute atomic E-state index is 11.9. The summed E-state index contributed by atoms with van der Waals surface area (Å²) < 4.78 is 0. The molecule has 1 rings (SSSR count). The number of carbonyl (C=O) groups is 2. The van der Waals surface area contributed by atoms with Gasteiger partial charge in [-0.25, -0.2) is 9.59 Å². The second-order valence-corrected chi connectivity index (χ2v) is 6.09. The summed E-state index contributed by atoms with van der Waals surface area (Å²) in [5.74, 6) is -1.04. The van der Waals surface area contributed by atoms with Gasteiger partial charge in [-0.3, -0.25) is 0 Å². The molecule has 0 radical (unpaired) electrons. The van der Waals surface area contributed by atoms with Crippen LogP contribution in [0.2, 0.25) is 0 Å². The van der Waals surface area contributed by atoms with Crippen molar-refractivity contribution in [1.82, 2.24) is 10.6 Å². The molecule has 0 heterocycles. The van der Waals surface area contributed by atoms with Gasteiger partial charge in [-0.1, -0.05) is 52.0 Å². The van der Waals surface area contributed by atoms with Crippen LogP contribution < -0.4 is 10.6 Å². The second-order valence-electron chi connectivity index (χ2n) is 6.09. The van der Waals surface area contributed by atoms with Gasteiger partial charge in [0.25, 0.3) is 0 Å². The standard InChI is InChI=1S/C16H24N2O3/c1-5-11-8-6-7-9-12(11)10-17-15(21)18-13(14(19)20)16(2,3)4/h6-9,13H,5,10H2,1-4H3,(H,19,20)(H2,17,18,21). The molecular formula is C16H24N2O3. The second kappa shape index (κ2) is 7.11. The highest BCUT2D eigenvalue weighted by atomic mass is 16.4. The third-order valence-electron chi connectivity index (χ3n) is 3.33. The average molecular weight is 292 g/mol. The summed E-state index contributed by atoms with van der Waals surface area (Å²) in [6.45, 7) is 7.76. The number of aliphatic carboxylic acids is 1. The van der Waals surface area contributed by atoms with E-state index in [1.54, 1.807) is 20.8 Å². The van der Waals surface area contributed by atoms with Crippen LogP contribution in [0.5, 0.6) is 0 Å². The Balaban J connectivity index is 2.63. The molecule has 3 N–H and O–H groups in total. The number of aryl methyl sites for hydroxylation is 1. The summed E-state index contributed by atoms with van der Waals surface area (Å²) in [4.78, 5) is 23.1. The van der Waals surface area contributed by atoms with E-state index in [2.05, 4.69) is 17.6 Å². The van der Waals surface area contributed by atoms with Crippen LogP contribution in [0, 0.1) is 5.41 Å². The summed E-state index contributed by atoms with van der Waals surface area (Å²) in [6.07, 6.45) is 0.888. The Morgan fingerprint density at radius 1 is 1.19 bits per heavy atom. The lowest BCUT2D eigenvalue weighted by atomic mass is 9.87. The topological polar surface area (TPSA) is 78.4 Å². The van der Waals surface area contributed by atoms with Crippen molar-refractivity contribution in [1.29, 1.82) is 0 Å². The van der Waals surface area contributed by atoms with Gasteiger partial charge >= 0.3 is 12.0 Å². The third kappa shape index (κ3) is 5.10. The van der Waals surface area contributed by atoms with E-state index in [1.807, 2.05) is 24.3 Å². The Morgan fingerprint density at radius 3 is 2.24 bits per heavy atom. The van der Waals surface area contributed by atoms with Crippen LogP contribution in [-0.4, -0.2) is 23.1 Å². The summed E-state index contributed by atoms with van der Waals surface area (Å²) >= 11 is 0. The van der Waals surface area contributed by atoms with Crippen LogP contribution in [0.1, 0.15) is 38.8 Å². The first kappa shape index (κ1) is 17.0. The Morgan fingerprint density at radius 2 is 1.76 bits per heavy atom. The van der Waals surface area contributed by atoms with Crippen molar-refractivity contribution < 1.29 is 14.7 Å². The zero-order valence-electron chi connectivity index (χ0n) is 13.1. The van der Waals surface area contributed by atoms with E-state index in [0.717, 1.165) is 12.0 Å². The average Bonchev–Trinajstić information content (AvgIpc) is 2.41. The van der Waals surface area contributed by atoms with Gasteiger partial charge in [0.05, 0.1) is 0 Å². The van der Waals surface area contributed by atoms with Crippen LogP contribution in [0.15, 0.2) is 24.3 Å². The van der Waals surface area contributed by atoms with Crippen LogP contribution >= 0.6 is 0 Å². The molecular weight excluding hydrogens is 268 g/mol. The lowest BCUT2D eigenvalue weighted by Crippen LogP contribution is -2.52. The maximum Gasteiger partial charge on any atom is 0.326 e. The van der Waals surface area contributed by atoms with E-state index in [4.69, 9.17) is 0 Å². The monoisotopic (exact) mass is 292 g/mol. The molecule has 2 amide bonds. The molecule has 1 aromatic rings. The Labute approximate surface area is 125 Å². The molecule has 116 valence electrons.